The number of urea groups is 1. The van der Waals surface area contributed by atoms with Crippen molar-refractivity contribution in [2.24, 2.45) is 0 Å². The van der Waals surface area contributed by atoms with Gasteiger partial charge in [0.25, 0.3) is 0 Å². The van der Waals surface area contributed by atoms with Crippen LogP contribution < -0.4 is 19.5 Å². The monoisotopic (exact) mass is 511 g/mol. The molecule has 2 heterocycles. The fraction of sp³-hybridized carbons (Fsp3) is 0.308. The Hall–Kier alpha value is -3.76. The zero-order valence-corrected chi connectivity index (χ0v) is 21.1. The van der Waals surface area contributed by atoms with Gasteiger partial charge in [-0.15, -0.1) is 11.3 Å². The number of anilines is 1. The molecule has 36 heavy (non-hydrogen) atoms. The van der Waals surface area contributed by atoms with Crippen LogP contribution in [0.25, 0.3) is 0 Å². The lowest BCUT2D eigenvalue weighted by Gasteiger charge is -2.28. The molecule has 2 aromatic carbocycles. The van der Waals surface area contributed by atoms with Crippen LogP contribution in [-0.2, 0) is 22.6 Å². The van der Waals surface area contributed by atoms with Gasteiger partial charge in [-0.2, -0.15) is 0 Å². The summed E-state index contributed by atoms with van der Waals surface area (Å²) in [7, 11) is 3.14. The Bertz CT molecular complexity index is 1150. The normalized spacial score (nSPS) is 11.7. The summed E-state index contributed by atoms with van der Waals surface area (Å²) in [5.74, 6) is 1.86. The van der Waals surface area contributed by atoms with Gasteiger partial charge in [-0.3, -0.25) is 4.79 Å². The molecule has 190 valence electrons. The van der Waals surface area contributed by atoms with Crippen LogP contribution in [0.5, 0.6) is 17.2 Å². The van der Waals surface area contributed by atoms with E-state index in [0.29, 0.717) is 42.6 Å². The van der Waals surface area contributed by atoms with Crippen molar-refractivity contribution in [2.45, 2.75) is 13.1 Å². The van der Waals surface area contributed by atoms with Gasteiger partial charge in [0, 0.05) is 30.8 Å². The zero-order chi connectivity index (χ0) is 25.3. The molecule has 9 nitrogen and oxygen atoms in total. The number of nitrogens with one attached hydrogen (secondary N) is 1. The Labute approximate surface area is 214 Å². The van der Waals surface area contributed by atoms with E-state index in [-0.39, 0.29) is 31.8 Å². The van der Waals surface area contributed by atoms with Gasteiger partial charge in [-0.25, -0.2) is 4.79 Å². The average molecular weight is 512 g/mol. The van der Waals surface area contributed by atoms with E-state index in [4.69, 9.17) is 18.9 Å². The van der Waals surface area contributed by atoms with Crippen LogP contribution in [0.3, 0.4) is 0 Å². The number of hydrogen-bond acceptors (Lipinski definition) is 7. The van der Waals surface area contributed by atoms with Crippen molar-refractivity contribution in [3.8, 4) is 17.2 Å². The van der Waals surface area contributed by atoms with Crippen LogP contribution in [0.15, 0.2) is 60.0 Å². The molecule has 0 radical (unpaired) electrons. The number of hydrogen-bond donors (Lipinski definition) is 1. The van der Waals surface area contributed by atoms with Crippen LogP contribution in [0.2, 0.25) is 0 Å². The number of benzene rings is 2. The van der Waals surface area contributed by atoms with Crippen molar-refractivity contribution in [1.29, 1.82) is 0 Å². The van der Waals surface area contributed by atoms with Crippen LogP contribution in [0.4, 0.5) is 10.5 Å². The van der Waals surface area contributed by atoms with Crippen molar-refractivity contribution < 1.29 is 28.5 Å². The van der Waals surface area contributed by atoms with E-state index in [0.717, 1.165) is 10.4 Å². The number of thiophene rings is 1. The van der Waals surface area contributed by atoms with E-state index in [1.54, 1.807) is 54.7 Å². The topological polar surface area (TPSA) is 89.6 Å². The number of ether oxygens (including phenoxy) is 4. The molecule has 1 N–H and O–H groups in total. The summed E-state index contributed by atoms with van der Waals surface area (Å²) in [4.78, 5) is 30.8. The van der Waals surface area contributed by atoms with Gasteiger partial charge < -0.3 is 34.1 Å². The number of fused-ring (bicyclic) bond motifs is 1. The number of amides is 3. The maximum atomic E-state index is 13.5. The largest absolute Gasteiger partial charge is 0.497 e. The van der Waals surface area contributed by atoms with E-state index in [1.807, 2.05) is 35.7 Å². The minimum absolute atomic E-state index is 0.0960. The first-order valence-corrected chi connectivity index (χ1v) is 12.3. The summed E-state index contributed by atoms with van der Waals surface area (Å²) in [5, 5.41) is 4.82. The van der Waals surface area contributed by atoms with Crippen molar-refractivity contribution in [3.63, 3.8) is 0 Å². The molecule has 0 spiro atoms. The molecule has 0 saturated heterocycles. The first-order valence-electron chi connectivity index (χ1n) is 11.4. The number of nitrogens with zero attached hydrogens (tertiary/aromatic N) is 2. The second-order valence-corrected chi connectivity index (χ2v) is 9.12. The first kappa shape index (κ1) is 25.3. The molecule has 0 atom stereocenters. The lowest BCUT2D eigenvalue weighted by atomic mass is 10.2. The highest BCUT2D eigenvalue weighted by Crippen LogP contribution is 2.33. The van der Waals surface area contributed by atoms with Gasteiger partial charge in [0.15, 0.2) is 11.5 Å². The maximum Gasteiger partial charge on any atom is 0.322 e. The van der Waals surface area contributed by atoms with Gasteiger partial charge in [-0.05, 0) is 53.4 Å². The number of methoxy groups -OCH3 is 2. The first-order chi connectivity index (χ1) is 17.6. The lowest BCUT2D eigenvalue weighted by Crippen LogP contribution is -2.45. The molecule has 3 aromatic rings. The third-order valence-electron chi connectivity index (χ3n) is 5.61. The Morgan fingerprint density at radius 1 is 1.00 bits per heavy atom. The van der Waals surface area contributed by atoms with Gasteiger partial charge in [-0.1, -0.05) is 12.1 Å². The Morgan fingerprint density at radius 3 is 2.53 bits per heavy atom. The Balaban J connectivity index is 1.48. The lowest BCUT2D eigenvalue weighted by molar-refractivity contribution is -0.133. The van der Waals surface area contributed by atoms with E-state index < -0.39 is 0 Å². The van der Waals surface area contributed by atoms with Crippen molar-refractivity contribution in [1.82, 2.24) is 9.80 Å². The minimum Gasteiger partial charge on any atom is -0.497 e. The van der Waals surface area contributed by atoms with Crippen LogP contribution >= 0.6 is 11.3 Å². The summed E-state index contributed by atoms with van der Waals surface area (Å²) in [6.07, 6.45) is 0. The summed E-state index contributed by atoms with van der Waals surface area (Å²) >= 11 is 1.58. The summed E-state index contributed by atoms with van der Waals surface area (Å²) < 4.78 is 21.2. The third kappa shape index (κ3) is 6.67. The average Bonchev–Trinajstić information content (AvgIpc) is 3.58. The molecule has 3 amide bonds. The Kier molecular flexibility index (Phi) is 8.64. The molecular formula is C26H29N3O6S. The van der Waals surface area contributed by atoms with E-state index >= 15 is 0 Å². The summed E-state index contributed by atoms with van der Waals surface area (Å²) in [6, 6.07) is 16.2. The SMILES string of the molecule is COCCN(CC(=O)N(Cc1ccc2c(c1)OCO2)Cc1cccs1)C(=O)Nc1ccc(OC)cc1. The molecule has 4 rings (SSSR count). The predicted octanol–water partition coefficient (Wildman–Crippen LogP) is 4.19. The van der Waals surface area contributed by atoms with E-state index in [2.05, 4.69) is 5.32 Å². The quantitative estimate of drug-likeness (QED) is 0.415. The predicted molar refractivity (Wildman–Crippen MR) is 137 cm³/mol. The van der Waals surface area contributed by atoms with Crippen LogP contribution in [-0.4, -0.2) is 62.4 Å². The number of carbonyl (C=O) groups excluding carboxylic acids is 2. The molecule has 0 saturated carbocycles. The molecule has 10 heteroatoms. The van der Waals surface area contributed by atoms with Crippen LogP contribution in [0.1, 0.15) is 10.4 Å². The van der Waals surface area contributed by atoms with Crippen molar-refractivity contribution in [3.05, 3.63) is 70.4 Å². The van der Waals surface area contributed by atoms with Crippen molar-refractivity contribution in [2.75, 3.05) is 46.0 Å². The molecule has 1 aliphatic rings. The zero-order valence-electron chi connectivity index (χ0n) is 20.3. The van der Waals surface area contributed by atoms with Gasteiger partial charge in [0.2, 0.25) is 12.7 Å². The standard InChI is InChI=1S/C26H29N3O6S/c1-32-12-11-28(26(31)27-20-6-8-21(33-2)9-7-20)17-25(30)29(16-22-4-3-13-36-22)15-19-5-10-23-24(14-19)35-18-34-23/h3-10,13-14H,11-12,15-18H2,1-2H3,(H,27,31). The highest BCUT2D eigenvalue weighted by molar-refractivity contribution is 7.09. The van der Waals surface area contributed by atoms with Gasteiger partial charge >= 0.3 is 6.03 Å². The molecule has 1 aliphatic heterocycles. The molecule has 0 aliphatic carbocycles. The highest BCUT2D eigenvalue weighted by atomic mass is 32.1. The maximum absolute atomic E-state index is 13.5. The van der Waals surface area contributed by atoms with Crippen LogP contribution in [0, 0.1) is 0 Å². The van der Waals surface area contributed by atoms with E-state index in [9.17, 15) is 9.59 Å². The highest BCUT2D eigenvalue weighted by Gasteiger charge is 2.23. The van der Waals surface area contributed by atoms with Gasteiger partial charge in [0.05, 0.1) is 20.3 Å². The van der Waals surface area contributed by atoms with Gasteiger partial charge in [0.1, 0.15) is 12.3 Å². The molecule has 0 unspecified atom stereocenters. The fourth-order valence-corrected chi connectivity index (χ4v) is 4.40. The fourth-order valence-electron chi connectivity index (χ4n) is 3.68. The molecular weight excluding hydrogens is 482 g/mol. The molecule has 1 aromatic heterocycles. The third-order valence-corrected chi connectivity index (χ3v) is 6.47. The minimum atomic E-state index is -0.385. The molecule has 0 fully saturated rings. The second-order valence-electron chi connectivity index (χ2n) is 8.09. The van der Waals surface area contributed by atoms with Crippen molar-refractivity contribution >= 4 is 29.0 Å². The second kappa shape index (κ2) is 12.3. The Morgan fingerprint density at radius 2 is 1.81 bits per heavy atom. The smallest absolute Gasteiger partial charge is 0.322 e. The van der Waals surface area contributed by atoms with E-state index in [1.165, 1.54) is 4.90 Å². The summed E-state index contributed by atoms with van der Waals surface area (Å²) in [6.45, 7) is 1.46. The molecule has 0 bridgehead atoms. The summed E-state index contributed by atoms with van der Waals surface area (Å²) in [5.41, 5.74) is 1.52. The number of carbonyl (C=O) groups is 2. The number of rotatable bonds is 11.